The number of carbonyl (C=O) groups excluding carboxylic acids is 1. The molecule has 2 saturated carbocycles. The van der Waals surface area contributed by atoms with E-state index in [1.54, 1.807) is 11.8 Å². The zero-order valence-electron chi connectivity index (χ0n) is 12.4. The number of hydrogen-bond acceptors (Lipinski definition) is 3. The van der Waals surface area contributed by atoms with E-state index in [-0.39, 0.29) is 24.5 Å². The molecule has 0 aliphatic heterocycles. The molecule has 1 aromatic rings. The zero-order valence-corrected chi connectivity index (χ0v) is 13.2. The van der Waals surface area contributed by atoms with Gasteiger partial charge in [0.05, 0.1) is 0 Å². The standard InChI is InChI=1S/C17H23NO2S/c1-21-10-11-2-4-12(5-3-11)17(20)18-16-14-7-6-13(8-14)15(16)9-19/h2-5,13-16,19H,6-10H2,1H3,(H,18,20). The lowest BCUT2D eigenvalue weighted by atomic mass is 9.85. The van der Waals surface area contributed by atoms with Crippen molar-refractivity contribution in [2.75, 3.05) is 12.9 Å². The van der Waals surface area contributed by atoms with E-state index in [4.69, 9.17) is 0 Å². The predicted octanol–water partition coefficient (Wildman–Crippen LogP) is 2.69. The highest BCUT2D eigenvalue weighted by Gasteiger charge is 2.47. The van der Waals surface area contributed by atoms with E-state index in [2.05, 4.69) is 11.6 Å². The van der Waals surface area contributed by atoms with Crippen molar-refractivity contribution in [3.8, 4) is 0 Å². The number of hydrogen-bond donors (Lipinski definition) is 2. The van der Waals surface area contributed by atoms with E-state index in [1.807, 2.05) is 24.3 Å². The summed E-state index contributed by atoms with van der Waals surface area (Å²) in [7, 11) is 0. The van der Waals surface area contributed by atoms with Crippen molar-refractivity contribution in [2.45, 2.75) is 31.1 Å². The Morgan fingerprint density at radius 3 is 2.67 bits per heavy atom. The van der Waals surface area contributed by atoms with Crippen LogP contribution in [0.3, 0.4) is 0 Å². The molecule has 21 heavy (non-hydrogen) atoms. The van der Waals surface area contributed by atoms with Gasteiger partial charge in [0.25, 0.3) is 5.91 Å². The van der Waals surface area contributed by atoms with Crippen molar-refractivity contribution in [3.05, 3.63) is 35.4 Å². The van der Waals surface area contributed by atoms with E-state index in [0.29, 0.717) is 11.8 Å². The third-order valence-electron chi connectivity index (χ3n) is 5.12. The Morgan fingerprint density at radius 2 is 2.00 bits per heavy atom. The van der Waals surface area contributed by atoms with Crippen LogP contribution >= 0.6 is 11.8 Å². The number of benzene rings is 1. The minimum atomic E-state index is 0.00158. The maximum Gasteiger partial charge on any atom is 0.251 e. The molecule has 3 rings (SSSR count). The number of nitrogens with one attached hydrogen (secondary N) is 1. The number of fused-ring (bicyclic) bond motifs is 2. The average molecular weight is 305 g/mol. The molecule has 0 aromatic heterocycles. The molecule has 1 amide bonds. The molecular formula is C17H23NO2S. The van der Waals surface area contributed by atoms with Crippen molar-refractivity contribution >= 4 is 17.7 Å². The highest BCUT2D eigenvalue weighted by molar-refractivity contribution is 7.97. The lowest BCUT2D eigenvalue weighted by molar-refractivity contribution is 0.0861. The molecule has 2 N–H and O–H groups in total. The lowest BCUT2D eigenvalue weighted by Crippen LogP contribution is -2.45. The molecule has 0 radical (unpaired) electrons. The first kappa shape index (κ1) is 14.9. The number of aliphatic hydroxyl groups excluding tert-OH is 1. The SMILES string of the molecule is CSCc1ccc(C(=O)NC2C3CCC(C3)C2CO)cc1. The van der Waals surface area contributed by atoms with Gasteiger partial charge in [0, 0.05) is 29.9 Å². The minimum absolute atomic E-state index is 0.00158. The summed E-state index contributed by atoms with van der Waals surface area (Å²) in [5.41, 5.74) is 1.96. The molecule has 0 spiro atoms. The third kappa shape index (κ3) is 2.97. The van der Waals surface area contributed by atoms with Gasteiger partial charge in [-0.25, -0.2) is 0 Å². The molecule has 3 nitrogen and oxygen atoms in total. The number of rotatable bonds is 5. The first-order valence-electron chi connectivity index (χ1n) is 7.72. The summed E-state index contributed by atoms with van der Waals surface area (Å²) in [6.45, 7) is 0.193. The molecule has 2 fully saturated rings. The van der Waals surface area contributed by atoms with Gasteiger partial charge in [-0.2, -0.15) is 11.8 Å². The molecule has 0 saturated heterocycles. The summed E-state index contributed by atoms with van der Waals surface area (Å²) >= 11 is 1.78. The second kappa shape index (κ2) is 6.41. The van der Waals surface area contributed by atoms with Gasteiger partial charge in [-0.3, -0.25) is 4.79 Å². The Bertz CT molecular complexity index is 502. The van der Waals surface area contributed by atoms with Crippen LogP contribution in [0.1, 0.15) is 35.2 Å². The maximum atomic E-state index is 12.4. The fourth-order valence-electron chi connectivity index (χ4n) is 4.05. The number of thioether (sulfide) groups is 1. The van der Waals surface area contributed by atoms with Crippen LogP contribution in [0.2, 0.25) is 0 Å². The van der Waals surface area contributed by atoms with Gasteiger partial charge in [0.2, 0.25) is 0 Å². The normalized spacial score (nSPS) is 30.6. The summed E-state index contributed by atoms with van der Waals surface area (Å²) < 4.78 is 0. The van der Waals surface area contributed by atoms with Gasteiger partial charge >= 0.3 is 0 Å². The lowest BCUT2D eigenvalue weighted by Gasteiger charge is -2.30. The number of aliphatic hydroxyl groups is 1. The van der Waals surface area contributed by atoms with Crippen LogP contribution < -0.4 is 5.32 Å². The Kier molecular flexibility index (Phi) is 4.55. The second-order valence-corrected chi connectivity index (χ2v) is 7.17. The fourth-order valence-corrected chi connectivity index (χ4v) is 4.58. The largest absolute Gasteiger partial charge is 0.396 e. The van der Waals surface area contributed by atoms with Gasteiger partial charge in [-0.15, -0.1) is 0 Å². The highest BCUT2D eigenvalue weighted by atomic mass is 32.2. The topological polar surface area (TPSA) is 49.3 Å². The molecule has 2 aliphatic carbocycles. The highest BCUT2D eigenvalue weighted by Crippen LogP contribution is 2.48. The summed E-state index contributed by atoms with van der Waals surface area (Å²) in [6.07, 6.45) is 5.65. The summed E-state index contributed by atoms with van der Waals surface area (Å²) in [4.78, 5) is 12.4. The number of amides is 1. The molecule has 0 heterocycles. The Labute approximate surface area is 130 Å². The summed E-state index contributed by atoms with van der Waals surface area (Å²) in [5, 5.41) is 12.8. The van der Waals surface area contributed by atoms with E-state index < -0.39 is 0 Å². The molecule has 4 atom stereocenters. The van der Waals surface area contributed by atoms with Crippen molar-refractivity contribution in [1.82, 2.24) is 5.32 Å². The molecule has 4 heteroatoms. The van der Waals surface area contributed by atoms with Crippen molar-refractivity contribution < 1.29 is 9.90 Å². The van der Waals surface area contributed by atoms with Gasteiger partial charge < -0.3 is 10.4 Å². The first-order valence-corrected chi connectivity index (χ1v) is 9.12. The van der Waals surface area contributed by atoms with Crippen LogP contribution in [0.25, 0.3) is 0 Å². The van der Waals surface area contributed by atoms with Crippen LogP contribution in [0.5, 0.6) is 0 Å². The minimum Gasteiger partial charge on any atom is -0.396 e. The van der Waals surface area contributed by atoms with Crippen LogP contribution in [0, 0.1) is 17.8 Å². The van der Waals surface area contributed by atoms with Crippen LogP contribution in [-0.4, -0.2) is 29.9 Å². The second-order valence-electron chi connectivity index (χ2n) is 6.31. The van der Waals surface area contributed by atoms with Gasteiger partial charge in [0.1, 0.15) is 0 Å². The Morgan fingerprint density at radius 1 is 1.29 bits per heavy atom. The zero-order chi connectivity index (χ0) is 14.8. The fraction of sp³-hybridized carbons (Fsp3) is 0.588. The Hall–Kier alpha value is -1.00. The number of carbonyl (C=O) groups is 1. The van der Waals surface area contributed by atoms with E-state index in [9.17, 15) is 9.90 Å². The van der Waals surface area contributed by atoms with Crippen LogP contribution in [0.4, 0.5) is 0 Å². The molecule has 2 aliphatic rings. The third-order valence-corrected chi connectivity index (χ3v) is 5.75. The summed E-state index contributed by atoms with van der Waals surface area (Å²) in [5.74, 6) is 2.40. The van der Waals surface area contributed by atoms with E-state index in [1.165, 1.54) is 24.8 Å². The molecule has 4 unspecified atom stereocenters. The smallest absolute Gasteiger partial charge is 0.251 e. The quantitative estimate of drug-likeness (QED) is 0.879. The Balaban J connectivity index is 1.65. The van der Waals surface area contributed by atoms with Crippen LogP contribution in [-0.2, 0) is 5.75 Å². The van der Waals surface area contributed by atoms with E-state index >= 15 is 0 Å². The monoisotopic (exact) mass is 305 g/mol. The maximum absolute atomic E-state index is 12.4. The van der Waals surface area contributed by atoms with Crippen molar-refractivity contribution in [3.63, 3.8) is 0 Å². The molecule has 114 valence electrons. The van der Waals surface area contributed by atoms with Crippen LogP contribution in [0.15, 0.2) is 24.3 Å². The van der Waals surface area contributed by atoms with Gasteiger partial charge in [0.15, 0.2) is 0 Å². The van der Waals surface area contributed by atoms with Crippen molar-refractivity contribution in [2.24, 2.45) is 17.8 Å². The first-order chi connectivity index (χ1) is 10.2. The van der Waals surface area contributed by atoms with E-state index in [0.717, 1.165) is 11.3 Å². The average Bonchev–Trinajstić information content (AvgIpc) is 3.09. The molecular weight excluding hydrogens is 282 g/mol. The van der Waals surface area contributed by atoms with Crippen molar-refractivity contribution in [1.29, 1.82) is 0 Å². The predicted molar refractivity (Wildman–Crippen MR) is 86.3 cm³/mol. The summed E-state index contributed by atoms with van der Waals surface area (Å²) in [6, 6.07) is 8.02. The molecule has 2 bridgehead atoms. The molecule has 1 aromatic carbocycles. The van der Waals surface area contributed by atoms with Gasteiger partial charge in [-0.05, 0) is 55.1 Å². The van der Waals surface area contributed by atoms with Gasteiger partial charge in [-0.1, -0.05) is 12.1 Å².